The van der Waals surface area contributed by atoms with Gasteiger partial charge in [-0.1, -0.05) is 61.5 Å². The Morgan fingerprint density at radius 2 is 1.70 bits per heavy atom. The van der Waals surface area contributed by atoms with E-state index in [1.165, 1.54) is 63.6 Å². The highest BCUT2D eigenvalue weighted by atomic mass is 14.6. The Morgan fingerprint density at radius 1 is 0.815 bits per heavy atom. The Hall–Kier alpha value is -2.93. The van der Waals surface area contributed by atoms with Crippen LogP contribution in [0.5, 0.6) is 0 Å². The molecule has 1 aliphatic carbocycles. The number of nitrogens with zero attached hydrogens (tertiary/aromatic N) is 1. The molecular formula is C26H23N. The van der Waals surface area contributed by atoms with E-state index in [0.29, 0.717) is 0 Å². The van der Waals surface area contributed by atoms with Gasteiger partial charge in [-0.25, -0.2) is 0 Å². The summed E-state index contributed by atoms with van der Waals surface area (Å²) in [5.41, 5.74) is 10.8. The van der Waals surface area contributed by atoms with E-state index in [0.717, 1.165) is 11.9 Å². The summed E-state index contributed by atoms with van der Waals surface area (Å²) in [7, 11) is 0. The number of rotatable bonds is 3. The standard InChI is InChI=1S/C26H23N/c1-2-18-7-6-11-24(22-15-16-27-25-12-4-3-10-23(22)25)26(18)21-14-13-19-8-5-9-20(19)17-21/h3-4,6-7,10-17H,2,5,8-9H2,1H3. The number of fused-ring (bicyclic) bond motifs is 2. The van der Waals surface area contributed by atoms with Crippen molar-refractivity contribution in [1.82, 2.24) is 4.98 Å². The summed E-state index contributed by atoms with van der Waals surface area (Å²) in [6, 6.07) is 24.4. The maximum Gasteiger partial charge on any atom is 0.0708 e. The molecule has 4 aromatic rings. The number of benzene rings is 3. The Kier molecular flexibility index (Phi) is 4.01. The molecule has 0 aliphatic heterocycles. The summed E-state index contributed by atoms with van der Waals surface area (Å²) in [6.45, 7) is 2.25. The number of pyridine rings is 1. The smallest absolute Gasteiger partial charge is 0.0708 e. The predicted octanol–water partition coefficient (Wildman–Crippen LogP) is 6.62. The minimum Gasteiger partial charge on any atom is -0.256 e. The van der Waals surface area contributed by atoms with Crippen LogP contribution in [-0.2, 0) is 19.3 Å². The van der Waals surface area contributed by atoms with Crippen molar-refractivity contribution in [3.8, 4) is 22.3 Å². The average Bonchev–Trinajstić information content (AvgIpc) is 3.20. The lowest BCUT2D eigenvalue weighted by Crippen LogP contribution is -1.95. The van der Waals surface area contributed by atoms with E-state index in [2.05, 4.69) is 78.6 Å². The van der Waals surface area contributed by atoms with Crippen LogP contribution in [0.2, 0.25) is 0 Å². The van der Waals surface area contributed by atoms with Gasteiger partial charge in [0.2, 0.25) is 0 Å². The third-order valence-electron chi connectivity index (χ3n) is 5.86. The van der Waals surface area contributed by atoms with Crippen LogP contribution in [0.4, 0.5) is 0 Å². The van der Waals surface area contributed by atoms with Crippen LogP contribution in [0.15, 0.2) is 72.9 Å². The largest absolute Gasteiger partial charge is 0.256 e. The molecule has 27 heavy (non-hydrogen) atoms. The zero-order valence-electron chi connectivity index (χ0n) is 15.7. The van der Waals surface area contributed by atoms with Crippen LogP contribution >= 0.6 is 0 Å². The Balaban J connectivity index is 1.79. The van der Waals surface area contributed by atoms with Crippen molar-refractivity contribution >= 4 is 10.9 Å². The van der Waals surface area contributed by atoms with Crippen LogP contribution in [-0.4, -0.2) is 4.98 Å². The molecule has 0 unspecified atom stereocenters. The molecule has 0 atom stereocenters. The van der Waals surface area contributed by atoms with E-state index < -0.39 is 0 Å². The lowest BCUT2D eigenvalue weighted by atomic mass is 9.87. The zero-order valence-corrected chi connectivity index (χ0v) is 15.7. The summed E-state index contributed by atoms with van der Waals surface area (Å²) in [6.07, 6.45) is 6.69. The van der Waals surface area contributed by atoms with Gasteiger partial charge in [-0.3, -0.25) is 4.98 Å². The van der Waals surface area contributed by atoms with E-state index in [9.17, 15) is 0 Å². The minimum absolute atomic E-state index is 1.03. The quantitative estimate of drug-likeness (QED) is 0.405. The number of aromatic nitrogens is 1. The summed E-state index contributed by atoms with van der Waals surface area (Å²) < 4.78 is 0. The van der Waals surface area contributed by atoms with Gasteiger partial charge in [0.05, 0.1) is 5.52 Å². The van der Waals surface area contributed by atoms with Crippen LogP contribution in [0, 0.1) is 0 Å². The van der Waals surface area contributed by atoms with Gasteiger partial charge in [-0.15, -0.1) is 0 Å². The summed E-state index contributed by atoms with van der Waals surface area (Å²) in [5.74, 6) is 0. The molecular weight excluding hydrogens is 326 g/mol. The normalized spacial score (nSPS) is 13.1. The van der Waals surface area contributed by atoms with Gasteiger partial charge in [0.1, 0.15) is 0 Å². The number of para-hydroxylation sites is 1. The molecule has 0 spiro atoms. The van der Waals surface area contributed by atoms with Gasteiger partial charge in [0, 0.05) is 11.6 Å². The Morgan fingerprint density at radius 3 is 2.63 bits per heavy atom. The van der Waals surface area contributed by atoms with Crippen LogP contribution in [0.3, 0.4) is 0 Å². The third kappa shape index (κ3) is 2.75. The first kappa shape index (κ1) is 16.3. The van der Waals surface area contributed by atoms with Gasteiger partial charge >= 0.3 is 0 Å². The van der Waals surface area contributed by atoms with Gasteiger partial charge in [0.25, 0.3) is 0 Å². The van der Waals surface area contributed by atoms with E-state index in [1.54, 1.807) is 0 Å². The fourth-order valence-electron chi connectivity index (χ4n) is 4.52. The van der Waals surface area contributed by atoms with Crippen LogP contribution < -0.4 is 0 Å². The highest BCUT2D eigenvalue weighted by molar-refractivity contribution is 5.99. The van der Waals surface area contributed by atoms with Crippen molar-refractivity contribution in [1.29, 1.82) is 0 Å². The monoisotopic (exact) mass is 349 g/mol. The average molecular weight is 349 g/mol. The molecule has 132 valence electrons. The molecule has 0 bridgehead atoms. The van der Waals surface area contributed by atoms with E-state index >= 15 is 0 Å². The third-order valence-corrected chi connectivity index (χ3v) is 5.86. The zero-order chi connectivity index (χ0) is 18.2. The van der Waals surface area contributed by atoms with Gasteiger partial charge in [-0.2, -0.15) is 0 Å². The molecule has 1 nitrogen and oxygen atoms in total. The van der Waals surface area contributed by atoms with Crippen molar-refractivity contribution in [2.75, 3.05) is 0 Å². The second-order valence-corrected chi connectivity index (χ2v) is 7.41. The molecule has 5 rings (SSSR count). The maximum atomic E-state index is 4.56. The minimum atomic E-state index is 1.03. The number of hydrogen-bond acceptors (Lipinski definition) is 1. The summed E-state index contributed by atoms with van der Waals surface area (Å²) in [4.78, 5) is 4.56. The lowest BCUT2D eigenvalue weighted by Gasteiger charge is -2.17. The molecule has 1 aliphatic rings. The molecule has 1 aromatic heterocycles. The maximum absolute atomic E-state index is 4.56. The Labute approximate surface area is 160 Å². The number of aryl methyl sites for hydroxylation is 3. The molecule has 0 fully saturated rings. The first-order chi connectivity index (χ1) is 13.3. The van der Waals surface area contributed by atoms with Gasteiger partial charge < -0.3 is 0 Å². The first-order valence-corrected chi connectivity index (χ1v) is 9.93. The van der Waals surface area contributed by atoms with Crippen molar-refractivity contribution in [2.24, 2.45) is 0 Å². The topological polar surface area (TPSA) is 12.9 Å². The van der Waals surface area contributed by atoms with Crippen molar-refractivity contribution < 1.29 is 0 Å². The second kappa shape index (κ2) is 6.66. The molecule has 1 heteroatoms. The van der Waals surface area contributed by atoms with Gasteiger partial charge in [-0.05, 0) is 76.8 Å². The van der Waals surface area contributed by atoms with Crippen molar-refractivity contribution in [3.05, 3.63) is 89.6 Å². The first-order valence-electron chi connectivity index (χ1n) is 9.93. The van der Waals surface area contributed by atoms with E-state index in [1.807, 2.05) is 6.20 Å². The van der Waals surface area contributed by atoms with Crippen molar-refractivity contribution in [3.63, 3.8) is 0 Å². The van der Waals surface area contributed by atoms with Crippen LogP contribution in [0.1, 0.15) is 30.0 Å². The van der Waals surface area contributed by atoms with Crippen molar-refractivity contribution in [2.45, 2.75) is 32.6 Å². The van der Waals surface area contributed by atoms with E-state index in [4.69, 9.17) is 0 Å². The van der Waals surface area contributed by atoms with E-state index in [-0.39, 0.29) is 0 Å². The molecule has 0 amide bonds. The molecule has 0 radical (unpaired) electrons. The highest BCUT2D eigenvalue weighted by Crippen LogP contribution is 2.39. The molecule has 0 saturated heterocycles. The summed E-state index contributed by atoms with van der Waals surface area (Å²) >= 11 is 0. The molecule has 1 heterocycles. The SMILES string of the molecule is CCc1cccc(-c2ccnc3ccccc23)c1-c1ccc2c(c1)CCC2. The van der Waals surface area contributed by atoms with Gasteiger partial charge in [0.15, 0.2) is 0 Å². The fourth-order valence-corrected chi connectivity index (χ4v) is 4.52. The predicted molar refractivity (Wildman–Crippen MR) is 114 cm³/mol. The summed E-state index contributed by atoms with van der Waals surface area (Å²) in [5, 5.41) is 1.22. The number of hydrogen-bond donors (Lipinski definition) is 0. The molecule has 3 aromatic carbocycles. The fraction of sp³-hybridized carbons (Fsp3) is 0.192. The lowest BCUT2D eigenvalue weighted by molar-refractivity contribution is 0.912. The Bertz CT molecular complexity index is 1130. The molecule has 0 N–H and O–H groups in total. The highest BCUT2D eigenvalue weighted by Gasteiger charge is 2.17. The molecule has 0 saturated carbocycles. The second-order valence-electron chi connectivity index (χ2n) is 7.41. The van der Waals surface area contributed by atoms with Crippen LogP contribution in [0.25, 0.3) is 33.2 Å².